The molecule has 0 atom stereocenters. The van der Waals surface area contributed by atoms with Crippen molar-refractivity contribution < 1.29 is 17.9 Å². The molecule has 4 nitrogen and oxygen atoms in total. The van der Waals surface area contributed by atoms with Crippen LogP contribution < -0.4 is 0 Å². The molecule has 1 aliphatic rings. The maximum Gasteiger partial charge on any atom is 0.416 e. The highest BCUT2D eigenvalue weighted by Gasteiger charge is 2.31. The summed E-state index contributed by atoms with van der Waals surface area (Å²) in [6, 6.07) is 2.96. The molecule has 0 aromatic heterocycles. The van der Waals surface area contributed by atoms with Crippen molar-refractivity contribution in [2.45, 2.75) is 6.18 Å². The Bertz CT molecular complexity index is 473. The number of hydrogen-bond donors (Lipinski definition) is 0. The molecule has 1 aromatic carbocycles. The fourth-order valence-electron chi connectivity index (χ4n) is 1.52. The van der Waals surface area contributed by atoms with Crippen LogP contribution in [0.15, 0.2) is 28.5 Å². The van der Waals surface area contributed by atoms with Gasteiger partial charge in [0.1, 0.15) is 5.69 Å². The predicted molar refractivity (Wildman–Crippen MR) is 63.4 cm³/mol. The molecule has 0 spiro atoms. The minimum Gasteiger partial charge on any atom is -0.378 e. The fraction of sp³-hybridized carbons (Fsp3) is 0.455. The van der Waals surface area contributed by atoms with Gasteiger partial charge in [0.05, 0.1) is 36.9 Å². The largest absolute Gasteiger partial charge is 0.416 e. The normalized spacial score (nSPS) is 17.2. The van der Waals surface area contributed by atoms with Crippen LogP contribution in [0.2, 0.25) is 5.02 Å². The predicted octanol–water partition coefficient (Wildman–Crippen LogP) is 3.69. The molecule has 0 bridgehead atoms. The van der Waals surface area contributed by atoms with Crippen LogP contribution in [0.25, 0.3) is 0 Å². The Balaban J connectivity index is 2.16. The first-order valence-electron chi connectivity index (χ1n) is 5.58. The van der Waals surface area contributed by atoms with E-state index in [2.05, 4.69) is 10.3 Å². The number of ether oxygens (including phenoxy) is 1. The summed E-state index contributed by atoms with van der Waals surface area (Å²) in [6.07, 6.45) is -4.42. The van der Waals surface area contributed by atoms with Crippen molar-refractivity contribution in [2.75, 3.05) is 26.3 Å². The van der Waals surface area contributed by atoms with Crippen LogP contribution >= 0.6 is 11.6 Å². The van der Waals surface area contributed by atoms with E-state index in [-0.39, 0.29) is 10.7 Å². The van der Waals surface area contributed by atoms with Gasteiger partial charge in [-0.25, -0.2) is 0 Å². The van der Waals surface area contributed by atoms with E-state index in [1.54, 1.807) is 5.01 Å². The van der Waals surface area contributed by atoms with Gasteiger partial charge in [-0.05, 0) is 18.2 Å². The van der Waals surface area contributed by atoms with Gasteiger partial charge in [0.2, 0.25) is 0 Å². The van der Waals surface area contributed by atoms with Crippen molar-refractivity contribution >= 4 is 17.3 Å². The van der Waals surface area contributed by atoms with Gasteiger partial charge in [-0.1, -0.05) is 16.8 Å². The monoisotopic (exact) mass is 293 g/mol. The van der Waals surface area contributed by atoms with Gasteiger partial charge in [-0.2, -0.15) is 13.2 Å². The maximum atomic E-state index is 12.6. The zero-order chi connectivity index (χ0) is 13.9. The van der Waals surface area contributed by atoms with E-state index >= 15 is 0 Å². The molecule has 1 fully saturated rings. The van der Waals surface area contributed by atoms with Gasteiger partial charge in [0, 0.05) is 0 Å². The zero-order valence-corrected chi connectivity index (χ0v) is 10.6. The van der Waals surface area contributed by atoms with Crippen LogP contribution in [0.5, 0.6) is 0 Å². The average Bonchev–Trinajstić information content (AvgIpc) is 2.37. The molecule has 1 heterocycles. The lowest BCUT2D eigenvalue weighted by Gasteiger charge is -2.22. The van der Waals surface area contributed by atoms with Gasteiger partial charge in [-0.3, -0.25) is 5.01 Å². The summed E-state index contributed by atoms with van der Waals surface area (Å²) in [5.74, 6) is 0. The van der Waals surface area contributed by atoms with E-state index in [0.717, 1.165) is 18.2 Å². The van der Waals surface area contributed by atoms with E-state index in [1.807, 2.05) is 0 Å². The van der Waals surface area contributed by atoms with E-state index < -0.39 is 11.7 Å². The lowest BCUT2D eigenvalue weighted by Crippen LogP contribution is -2.31. The van der Waals surface area contributed by atoms with E-state index in [9.17, 15) is 13.2 Å². The Kier molecular flexibility index (Phi) is 4.26. The van der Waals surface area contributed by atoms with Crippen molar-refractivity contribution in [3.8, 4) is 0 Å². The highest BCUT2D eigenvalue weighted by molar-refractivity contribution is 6.32. The van der Waals surface area contributed by atoms with E-state index in [4.69, 9.17) is 16.3 Å². The van der Waals surface area contributed by atoms with Crippen LogP contribution in [-0.4, -0.2) is 31.3 Å². The van der Waals surface area contributed by atoms with Crippen molar-refractivity contribution in [3.05, 3.63) is 28.8 Å². The van der Waals surface area contributed by atoms with Crippen molar-refractivity contribution in [2.24, 2.45) is 10.3 Å². The van der Waals surface area contributed by atoms with Crippen molar-refractivity contribution in [1.29, 1.82) is 0 Å². The lowest BCUT2D eigenvalue weighted by atomic mass is 10.2. The van der Waals surface area contributed by atoms with Crippen LogP contribution in [0.4, 0.5) is 18.9 Å². The second kappa shape index (κ2) is 5.75. The minimum absolute atomic E-state index is 0.00276. The molecular weight excluding hydrogens is 283 g/mol. The maximum absolute atomic E-state index is 12.6. The summed E-state index contributed by atoms with van der Waals surface area (Å²) in [6.45, 7) is 2.16. The summed E-state index contributed by atoms with van der Waals surface area (Å²) < 4.78 is 42.8. The number of rotatable bonds is 2. The zero-order valence-electron chi connectivity index (χ0n) is 9.82. The molecule has 0 unspecified atom stereocenters. The van der Waals surface area contributed by atoms with E-state index in [1.165, 1.54) is 0 Å². The molecule has 1 aromatic rings. The third-order valence-corrected chi connectivity index (χ3v) is 2.86. The molecule has 19 heavy (non-hydrogen) atoms. The van der Waals surface area contributed by atoms with Gasteiger partial charge >= 0.3 is 6.18 Å². The third kappa shape index (κ3) is 3.81. The topological polar surface area (TPSA) is 37.2 Å². The van der Waals surface area contributed by atoms with Crippen LogP contribution in [0.3, 0.4) is 0 Å². The number of halogens is 4. The Labute approximate surface area is 112 Å². The number of hydrogen-bond acceptors (Lipinski definition) is 3. The number of alkyl halides is 3. The third-order valence-electron chi connectivity index (χ3n) is 2.54. The standard InChI is InChI=1S/C11H11ClF3N3O/c12-9-2-1-8(11(13,14)15)7-10(9)16-17-18-3-5-19-6-4-18/h1-2,7H,3-6H2. The molecule has 0 amide bonds. The molecule has 8 heteroatoms. The average molecular weight is 294 g/mol. The first-order chi connectivity index (χ1) is 8.97. The van der Waals surface area contributed by atoms with Crippen molar-refractivity contribution in [3.63, 3.8) is 0 Å². The lowest BCUT2D eigenvalue weighted by molar-refractivity contribution is -0.137. The second-order valence-electron chi connectivity index (χ2n) is 3.92. The Morgan fingerprint density at radius 2 is 1.89 bits per heavy atom. The summed E-state index contributed by atoms with van der Waals surface area (Å²) >= 11 is 5.80. The smallest absolute Gasteiger partial charge is 0.378 e. The molecule has 1 saturated heterocycles. The van der Waals surface area contributed by atoms with Gasteiger partial charge in [0.15, 0.2) is 0 Å². The molecule has 1 aliphatic heterocycles. The molecule has 0 saturated carbocycles. The molecule has 0 N–H and O–H groups in total. The van der Waals surface area contributed by atoms with Crippen LogP contribution in [0.1, 0.15) is 5.56 Å². The van der Waals surface area contributed by atoms with E-state index in [0.29, 0.717) is 26.3 Å². The highest BCUT2D eigenvalue weighted by Crippen LogP contribution is 2.35. The molecule has 0 aliphatic carbocycles. The quantitative estimate of drug-likeness (QED) is 0.780. The van der Waals surface area contributed by atoms with Crippen LogP contribution in [-0.2, 0) is 10.9 Å². The Hall–Kier alpha value is -1.34. The van der Waals surface area contributed by atoms with Gasteiger partial charge in [-0.15, -0.1) is 5.11 Å². The summed E-state index contributed by atoms with van der Waals surface area (Å²) in [7, 11) is 0. The summed E-state index contributed by atoms with van der Waals surface area (Å²) in [4.78, 5) is 0. The molecule has 0 radical (unpaired) electrons. The van der Waals surface area contributed by atoms with Gasteiger partial charge in [0.25, 0.3) is 0 Å². The molecule has 104 valence electrons. The first-order valence-corrected chi connectivity index (χ1v) is 5.96. The molecular formula is C11H11ClF3N3O. The Morgan fingerprint density at radius 3 is 2.53 bits per heavy atom. The fourth-order valence-corrected chi connectivity index (χ4v) is 1.68. The SMILES string of the molecule is FC(F)(F)c1ccc(Cl)c(N=NN2CCOCC2)c1. The van der Waals surface area contributed by atoms with Crippen LogP contribution in [0, 0.1) is 0 Å². The first kappa shape index (κ1) is 14.1. The number of nitrogens with zero attached hydrogens (tertiary/aromatic N) is 3. The second-order valence-corrected chi connectivity index (χ2v) is 4.33. The Morgan fingerprint density at radius 1 is 1.21 bits per heavy atom. The summed E-state index contributed by atoms with van der Waals surface area (Å²) in [5, 5.41) is 9.39. The van der Waals surface area contributed by atoms with Gasteiger partial charge < -0.3 is 4.74 Å². The van der Waals surface area contributed by atoms with Crippen molar-refractivity contribution in [1.82, 2.24) is 5.01 Å². The number of morpholine rings is 1. The minimum atomic E-state index is -4.42. The summed E-state index contributed by atoms with van der Waals surface area (Å²) in [5.41, 5.74) is -0.796. The highest BCUT2D eigenvalue weighted by atomic mass is 35.5. The molecule has 2 rings (SSSR count). The number of benzene rings is 1.